The van der Waals surface area contributed by atoms with E-state index in [0.29, 0.717) is 0 Å². The van der Waals surface area contributed by atoms with Crippen LogP contribution in [0.1, 0.15) is 30.0 Å². The number of hydrogen-bond donors (Lipinski definition) is 1. The highest BCUT2D eigenvalue weighted by Gasteiger charge is 2.16. The van der Waals surface area contributed by atoms with Crippen molar-refractivity contribution in [1.82, 2.24) is 10.3 Å². The summed E-state index contributed by atoms with van der Waals surface area (Å²) in [6.45, 7) is 3.14. The average molecular weight is 262 g/mol. The fourth-order valence-electron chi connectivity index (χ4n) is 1.83. The third kappa shape index (κ3) is 3.09. The maximum absolute atomic E-state index is 5.28. The minimum atomic E-state index is 0.153. The fourth-order valence-corrected chi connectivity index (χ4v) is 2.57. The van der Waals surface area contributed by atoms with Gasteiger partial charge in [-0.1, -0.05) is 19.1 Å². The molecule has 1 aromatic heterocycles. The molecule has 2 rings (SSSR count). The quantitative estimate of drug-likeness (QED) is 0.867. The number of hydrogen-bond acceptors (Lipinski definition) is 4. The van der Waals surface area contributed by atoms with E-state index in [1.165, 1.54) is 5.56 Å². The number of nitrogens with one attached hydrogen (secondary N) is 1. The normalized spacial score (nSPS) is 12.3. The van der Waals surface area contributed by atoms with Gasteiger partial charge >= 0.3 is 0 Å². The van der Waals surface area contributed by atoms with Crippen molar-refractivity contribution in [3.8, 4) is 5.75 Å². The molecule has 3 nitrogen and oxygen atoms in total. The zero-order chi connectivity index (χ0) is 12.8. The molecule has 1 unspecified atom stereocenters. The minimum Gasteiger partial charge on any atom is -0.497 e. The van der Waals surface area contributed by atoms with Crippen LogP contribution in [0.3, 0.4) is 0 Å². The van der Waals surface area contributed by atoms with Crippen LogP contribution in [0.2, 0.25) is 0 Å². The second-order valence-electron chi connectivity index (χ2n) is 4.03. The van der Waals surface area contributed by atoms with Gasteiger partial charge in [-0.25, -0.2) is 4.98 Å². The highest BCUT2D eigenvalue weighted by Crippen LogP contribution is 2.26. The fraction of sp³-hybridized carbons (Fsp3) is 0.357. The van der Waals surface area contributed by atoms with Gasteiger partial charge in [0.25, 0.3) is 0 Å². The lowest BCUT2D eigenvalue weighted by molar-refractivity contribution is 0.413. The Morgan fingerprint density at radius 3 is 3.00 bits per heavy atom. The zero-order valence-electron chi connectivity index (χ0n) is 10.7. The van der Waals surface area contributed by atoms with Crippen molar-refractivity contribution in [2.45, 2.75) is 19.4 Å². The maximum atomic E-state index is 5.28. The number of aromatic nitrogens is 1. The van der Waals surface area contributed by atoms with Crippen LogP contribution in [-0.2, 0) is 0 Å². The number of thiazole rings is 1. The van der Waals surface area contributed by atoms with Gasteiger partial charge in [-0.05, 0) is 30.7 Å². The lowest BCUT2D eigenvalue weighted by Crippen LogP contribution is -2.23. The van der Waals surface area contributed by atoms with Gasteiger partial charge in [-0.3, -0.25) is 0 Å². The van der Waals surface area contributed by atoms with Crippen LogP contribution in [0.25, 0.3) is 0 Å². The standard InChI is InChI=1S/C14H18N2OS/c1-3-7-15-13(14-16-8-9-18-14)11-5-4-6-12(10-11)17-2/h4-6,8-10,13,15H,3,7H2,1-2H3. The molecule has 0 bridgehead atoms. The van der Waals surface area contributed by atoms with Gasteiger partial charge in [-0.15, -0.1) is 11.3 Å². The summed E-state index contributed by atoms with van der Waals surface area (Å²) in [5.74, 6) is 0.882. The van der Waals surface area contributed by atoms with Crippen molar-refractivity contribution in [1.29, 1.82) is 0 Å². The molecule has 0 radical (unpaired) electrons. The van der Waals surface area contributed by atoms with E-state index >= 15 is 0 Å². The van der Waals surface area contributed by atoms with Gasteiger partial charge in [-0.2, -0.15) is 0 Å². The number of rotatable bonds is 6. The molecule has 1 N–H and O–H groups in total. The molecule has 0 spiro atoms. The Hall–Kier alpha value is -1.39. The van der Waals surface area contributed by atoms with Gasteiger partial charge in [0.2, 0.25) is 0 Å². The molecule has 2 aromatic rings. The van der Waals surface area contributed by atoms with E-state index in [9.17, 15) is 0 Å². The van der Waals surface area contributed by atoms with Crippen molar-refractivity contribution in [3.05, 3.63) is 46.4 Å². The summed E-state index contributed by atoms with van der Waals surface area (Å²) in [5, 5.41) is 6.64. The molecule has 0 amide bonds. The summed E-state index contributed by atoms with van der Waals surface area (Å²) in [4.78, 5) is 4.42. The van der Waals surface area contributed by atoms with Crippen molar-refractivity contribution in [3.63, 3.8) is 0 Å². The topological polar surface area (TPSA) is 34.1 Å². The smallest absolute Gasteiger partial charge is 0.119 e. The number of methoxy groups -OCH3 is 1. The Bertz CT molecular complexity index is 470. The summed E-state index contributed by atoms with van der Waals surface area (Å²) in [6.07, 6.45) is 2.95. The molecule has 1 heterocycles. The summed E-state index contributed by atoms with van der Waals surface area (Å²) in [7, 11) is 1.69. The van der Waals surface area contributed by atoms with Crippen molar-refractivity contribution >= 4 is 11.3 Å². The Labute approximate surface area is 112 Å². The number of ether oxygens (including phenoxy) is 1. The first-order chi connectivity index (χ1) is 8.85. The molecule has 1 aromatic carbocycles. The van der Waals surface area contributed by atoms with E-state index in [1.807, 2.05) is 23.7 Å². The van der Waals surface area contributed by atoms with Gasteiger partial charge in [0.15, 0.2) is 0 Å². The predicted molar refractivity (Wildman–Crippen MR) is 75.2 cm³/mol. The lowest BCUT2D eigenvalue weighted by Gasteiger charge is -2.17. The molecular formula is C14H18N2OS. The van der Waals surface area contributed by atoms with Gasteiger partial charge in [0.1, 0.15) is 10.8 Å². The monoisotopic (exact) mass is 262 g/mol. The van der Waals surface area contributed by atoms with Crippen molar-refractivity contribution < 1.29 is 4.74 Å². The molecule has 0 saturated carbocycles. The first-order valence-corrected chi connectivity index (χ1v) is 7.00. The van der Waals surface area contributed by atoms with E-state index in [0.717, 1.165) is 23.7 Å². The van der Waals surface area contributed by atoms with Gasteiger partial charge in [0, 0.05) is 11.6 Å². The zero-order valence-corrected chi connectivity index (χ0v) is 11.5. The average Bonchev–Trinajstić information content (AvgIpc) is 2.93. The first-order valence-electron chi connectivity index (χ1n) is 6.12. The minimum absolute atomic E-state index is 0.153. The van der Waals surface area contributed by atoms with Crippen LogP contribution in [0.15, 0.2) is 35.8 Å². The van der Waals surface area contributed by atoms with Crippen LogP contribution >= 0.6 is 11.3 Å². The molecule has 1 atom stereocenters. The Morgan fingerprint density at radius 1 is 1.44 bits per heavy atom. The van der Waals surface area contributed by atoms with Crippen molar-refractivity contribution in [2.24, 2.45) is 0 Å². The van der Waals surface area contributed by atoms with Gasteiger partial charge in [0.05, 0.1) is 13.2 Å². The summed E-state index contributed by atoms with van der Waals surface area (Å²) in [6, 6.07) is 8.30. The molecule has 0 aliphatic rings. The maximum Gasteiger partial charge on any atom is 0.119 e. The van der Waals surface area contributed by atoms with E-state index in [1.54, 1.807) is 18.4 Å². The third-order valence-electron chi connectivity index (χ3n) is 2.72. The van der Waals surface area contributed by atoms with Crippen LogP contribution in [0.4, 0.5) is 0 Å². The number of nitrogens with zero attached hydrogens (tertiary/aromatic N) is 1. The summed E-state index contributed by atoms with van der Waals surface area (Å²) >= 11 is 1.68. The molecule has 0 saturated heterocycles. The molecule has 0 aliphatic heterocycles. The lowest BCUT2D eigenvalue weighted by atomic mass is 10.1. The Morgan fingerprint density at radius 2 is 2.33 bits per heavy atom. The summed E-state index contributed by atoms with van der Waals surface area (Å²) < 4.78 is 5.28. The number of benzene rings is 1. The Kier molecular flexibility index (Phi) is 4.73. The molecule has 0 fully saturated rings. The second-order valence-corrected chi connectivity index (χ2v) is 4.96. The second kappa shape index (κ2) is 6.52. The van der Waals surface area contributed by atoms with E-state index < -0.39 is 0 Å². The highest BCUT2D eigenvalue weighted by molar-refractivity contribution is 7.09. The molecule has 18 heavy (non-hydrogen) atoms. The molecular weight excluding hydrogens is 244 g/mol. The van der Waals surface area contributed by atoms with Crippen LogP contribution < -0.4 is 10.1 Å². The van der Waals surface area contributed by atoms with E-state index in [2.05, 4.69) is 29.4 Å². The van der Waals surface area contributed by atoms with Crippen LogP contribution in [0.5, 0.6) is 5.75 Å². The molecule has 4 heteroatoms. The first kappa shape index (κ1) is 13.1. The largest absolute Gasteiger partial charge is 0.497 e. The molecule has 96 valence electrons. The van der Waals surface area contributed by atoms with E-state index in [-0.39, 0.29) is 6.04 Å². The predicted octanol–water partition coefficient (Wildman–Crippen LogP) is 3.24. The van der Waals surface area contributed by atoms with Crippen LogP contribution in [0, 0.1) is 0 Å². The van der Waals surface area contributed by atoms with Gasteiger partial charge < -0.3 is 10.1 Å². The Balaban J connectivity index is 2.27. The van der Waals surface area contributed by atoms with Crippen molar-refractivity contribution in [2.75, 3.05) is 13.7 Å². The SMILES string of the molecule is CCCNC(c1cccc(OC)c1)c1nccs1. The van der Waals surface area contributed by atoms with E-state index in [4.69, 9.17) is 4.74 Å². The highest BCUT2D eigenvalue weighted by atomic mass is 32.1. The van der Waals surface area contributed by atoms with Crippen LogP contribution in [-0.4, -0.2) is 18.6 Å². The summed E-state index contributed by atoms with van der Waals surface area (Å²) in [5.41, 5.74) is 1.19. The molecule has 0 aliphatic carbocycles. The third-order valence-corrected chi connectivity index (χ3v) is 3.56.